The fraction of sp³-hybridized carbons (Fsp3) is 0.0909. The van der Waals surface area contributed by atoms with Gasteiger partial charge in [-0.05, 0) is 28.1 Å². The van der Waals surface area contributed by atoms with Crippen LogP contribution in [0.3, 0.4) is 0 Å². The van der Waals surface area contributed by atoms with Crippen molar-refractivity contribution < 1.29 is 14.7 Å². The Kier molecular flexibility index (Phi) is 4.89. The first-order chi connectivity index (χ1) is 7.95. The summed E-state index contributed by atoms with van der Waals surface area (Å²) in [5, 5.41) is 11.6. The molecule has 0 spiro atoms. The molecular weight excluding hydrogens is 354 g/mol. The molecule has 6 heteroatoms. The Morgan fingerprint density at radius 2 is 2.06 bits per heavy atom. The molecule has 1 aromatic rings. The van der Waals surface area contributed by atoms with Crippen LogP contribution in [-0.2, 0) is 4.79 Å². The Morgan fingerprint density at radius 1 is 1.41 bits per heavy atom. The maximum atomic E-state index is 11.4. The van der Waals surface area contributed by atoms with Gasteiger partial charge in [-0.3, -0.25) is 4.79 Å². The largest absolute Gasteiger partial charge is 0.478 e. The van der Waals surface area contributed by atoms with E-state index in [4.69, 9.17) is 5.11 Å². The lowest BCUT2D eigenvalue weighted by molar-refractivity contribution is -0.115. The normalized spacial score (nSPS) is 9.76. The van der Waals surface area contributed by atoms with Crippen molar-refractivity contribution in [2.45, 2.75) is 6.42 Å². The lowest BCUT2D eigenvalue weighted by atomic mass is 10.1. The molecule has 4 nitrogen and oxygen atoms in total. The van der Waals surface area contributed by atoms with Crippen LogP contribution >= 0.6 is 31.9 Å². The Morgan fingerprint density at radius 3 is 2.59 bits per heavy atom. The van der Waals surface area contributed by atoms with Crippen molar-refractivity contribution in [3.63, 3.8) is 0 Å². The van der Waals surface area contributed by atoms with E-state index in [2.05, 4.69) is 43.8 Å². The summed E-state index contributed by atoms with van der Waals surface area (Å²) in [6.45, 7) is 3.44. The monoisotopic (exact) mass is 361 g/mol. The highest BCUT2D eigenvalue weighted by atomic mass is 79.9. The van der Waals surface area contributed by atoms with Crippen molar-refractivity contribution in [3.8, 4) is 0 Å². The smallest absolute Gasteiger partial charge is 0.337 e. The molecule has 1 rings (SSSR count). The summed E-state index contributed by atoms with van der Waals surface area (Å²) in [6, 6.07) is 3.09. The first-order valence-corrected chi connectivity index (χ1v) is 6.17. The predicted molar refractivity (Wildman–Crippen MR) is 72.2 cm³/mol. The van der Waals surface area contributed by atoms with Gasteiger partial charge in [-0.2, -0.15) is 0 Å². The van der Waals surface area contributed by atoms with E-state index in [0.717, 1.165) is 0 Å². The highest BCUT2D eigenvalue weighted by molar-refractivity contribution is 9.11. The van der Waals surface area contributed by atoms with Gasteiger partial charge in [0.25, 0.3) is 0 Å². The molecule has 0 radical (unpaired) electrons. The summed E-state index contributed by atoms with van der Waals surface area (Å²) in [7, 11) is 0. The summed E-state index contributed by atoms with van der Waals surface area (Å²) in [4.78, 5) is 22.5. The molecule has 0 fully saturated rings. The summed E-state index contributed by atoms with van der Waals surface area (Å²) in [5.74, 6) is -1.42. The van der Waals surface area contributed by atoms with Crippen LogP contribution in [0.15, 0.2) is 33.7 Å². The van der Waals surface area contributed by atoms with Crippen molar-refractivity contribution >= 4 is 49.4 Å². The number of nitrogens with one attached hydrogen (secondary N) is 1. The first-order valence-electron chi connectivity index (χ1n) is 4.58. The molecule has 0 aromatic heterocycles. The average Bonchev–Trinajstić information content (AvgIpc) is 2.21. The van der Waals surface area contributed by atoms with Gasteiger partial charge in [0.05, 0.1) is 11.3 Å². The minimum absolute atomic E-state index is 0.0173. The van der Waals surface area contributed by atoms with E-state index in [1.165, 1.54) is 12.1 Å². The number of hydrogen-bond acceptors (Lipinski definition) is 2. The maximum Gasteiger partial charge on any atom is 0.337 e. The van der Waals surface area contributed by atoms with Gasteiger partial charge in [-0.1, -0.05) is 22.0 Å². The zero-order valence-corrected chi connectivity index (χ0v) is 11.8. The molecule has 90 valence electrons. The second kappa shape index (κ2) is 5.97. The molecule has 0 aliphatic heterocycles. The van der Waals surface area contributed by atoms with Crippen molar-refractivity contribution in [2.24, 2.45) is 0 Å². The summed E-state index contributed by atoms with van der Waals surface area (Å²) < 4.78 is 1.12. The van der Waals surface area contributed by atoms with Gasteiger partial charge < -0.3 is 10.4 Å². The van der Waals surface area contributed by atoms with Crippen LogP contribution in [0.25, 0.3) is 0 Å². The third kappa shape index (κ3) is 3.67. The molecule has 1 aromatic carbocycles. The average molecular weight is 363 g/mol. The van der Waals surface area contributed by atoms with E-state index in [1.807, 2.05) is 0 Å². The van der Waals surface area contributed by atoms with Crippen molar-refractivity contribution in [2.75, 3.05) is 5.32 Å². The van der Waals surface area contributed by atoms with E-state index in [0.29, 0.717) is 8.95 Å². The number of carbonyl (C=O) groups is 2. The maximum absolute atomic E-state index is 11.4. The standard InChI is InChI=1S/C11H9Br2NO3/c1-2-3-9(15)14-10-7(11(16)17)4-6(12)5-8(10)13/h2,4-5H,1,3H2,(H,14,15)(H,16,17). The number of anilines is 1. The molecule has 0 saturated carbocycles. The minimum Gasteiger partial charge on any atom is -0.478 e. The first kappa shape index (κ1) is 13.9. The summed E-state index contributed by atoms with van der Waals surface area (Å²) in [5.41, 5.74) is 0.260. The third-order valence-electron chi connectivity index (χ3n) is 1.88. The molecule has 0 atom stereocenters. The quantitative estimate of drug-likeness (QED) is 0.806. The van der Waals surface area contributed by atoms with Crippen LogP contribution in [0.5, 0.6) is 0 Å². The molecule has 17 heavy (non-hydrogen) atoms. The Labute approximate surface area is 115 Å². The van der Waals surface area contributed by atoms with Crippen LogP contribution in [0.1, 0.15) is 16.8 Å². The van der Waals surface area contributed by atoms with Crippen LogP contribution in [0.4, 0.5) is 5.69 Å². The van der Waals surface area contributed by atoms with Gasteiger partial charge in [0.2, 0.25) is 5.91 Å². The number of hydrogen-bond donors (Lipinski definition) is 2. The lowest BCUT2D eigenvalue weighted by Gasteiger charge is -2.10. The van der Waals surface area contributed by atoms with Crippen LogP contribution in [-0.4, -0.2) is 17.0 Å². The molecule has 0 heterocycles. The van der Waals surface area contributed by atoms with E-state index < -0.39 is 5.97 Å². The van der Waals surface area contributed by atoms with Crippen molar-refractivity contribution in [1.82, 2.24) is 0 Å². The van der Waals surface area contributed by atoms with Crippen LogP contribution in [0.2, 0.25) is 0 Å². The minimum atomic E-state index is -1.11. The van der Waals surface area contributed by atoms with Gasteiger partial charge in [-0.25, -0.2) is 4.79 Å². The number of amides is 1. The van der Waals surface area contributed by atoms with E-state index in [9.17, 15) is 9.59 Å². The van der Waals surface area contributed by atoms with Gasteiger partial charge in [0, 0.05) is 15.4 Å². The van der Waals surface area contributed by atoms with E-state index >= 15 is 0 Å². The van der Waals surface area contributed by atoms with Gasteiger partial charge >= 0.3 is 5.97 Å². The second-order valence-electron chi connectivity index (χ2n) is 3.16. The van der Waals surface area contributed by atoms with Crippen LogP contribution < -0.4 is 5.32 Å². The number of carboxylic acids is 1. The van der Waals surface area contributed by atoms with E-state index in [-0.39, 0.29) is 23.6 Å². The van der Waals surface area contributed by atoms with Gasteiger partial charge in [0.1, 0.15) is 0 Å². The van der Waals surface area contributed by atoms with Gasteiger partial charge in [-0.15, -0.1) is 6.58 Å². The zero-order chi connectivity index (χ0) is 13.0. The summed E-state index contributed by atoms with van der Waals surface area (Å²) >= 11 is 6.40. The summed E-state index contributed by atoms with van der Waals surface area (Å²) in [6.07, 6.45) is 1.57. The highest BCUT2D eigenvalue weighted by Gasteiger charge is 2.16. The number of carboxylic acid groups (broad SMARTS) is 1. The highest BCUT2D eigenvalue weighted by Crippen LogP contribution is 2.31. The Bertz CT molecular complexity index is 486. The SMILES string of the molecule is C=CCC(=O)Nc1c(Br)cc(Br)cc1C(=O)O. The Balaban J connectivity index is 3.17. The molecular formula is C11H9Br2NO3. The van der Waals surface area contributed by atoms with Crippen LogP contribution in [0, 0.1) is 0 Å². The number of aromatic carboxylic acids is 1. The molecule has 0 aliphatic carbocycles. The number of rotatable bonds is 4. The van der Waals surface area contributed by atoms with Crippen molar-refractivity contribution in [1.29, 1.82) is 0 Å². The number of halogens is 2. The fourth-order valence-corrected chi connectivity index (χ4v) is 2.52. The fourth-order valence-electron chi connectivity index (χ4n) is 1.19. The predicted octanol–water partition coefficient (Wildman–Crippen LogP) is 3.42. The molecule has 0 unspecified atom stereocenters. The number of carbonyl (C=O) groups excluding carboxylic acids is 1. The molecule has 1 amide bonds. The molecule has 2 N–H and O–H groups in total. The lowest BCUT2D eigenvalue weighted by Crippen LogP contribution is -2.14. The molecule has 0 bridgehead atoms. The molecule has 0 aliphatic rings. The van der Waals surface area contributed by atoms with Gasteiger partial charge in [0.15, 0.2) is 0 Å². The third-order valence-corrected chi connectivity index (χ3v) is 2.96. The van der Waals surface area contributed by atoms with E-state index in [1.54, 1.807) is 6.07 Å². The molecule has 0 saturated heterocycles. The number of benzene rings is 1. The topological polar surface area (TPSA) is 66.4 Å². The Hall–Kier alpha value is -1.14. The van der Waals surface area contributed by atoms with Crippen molar-refractivity contribution in [3.05, 3.63) is 39.3 Å². The second-order valence-corrected chi connectivity index (χ2v) is 4.93. The zero-order valence-electron chi connectivity index (χ0n) is 8.67.